The maximum atomic E-state index is 11.6. The normalized spacial score (nSPS) is 10.1. The zero-order valence-corrected chi connectivity index (χ0v) is 12.9. The maximum absolute atomic E-state index is 11.6. The van der Waals surface area contributed by atoms with Gasteiger partial charge in [-0.05, 0) is 25.0 Å². The molecule has 0 aromatic heterocycles. The summed E-state index contributed by atoms with van der Waals surface area (Å²) in [6, 6.07) is 9.25. The molecule has 0 bridgehead atoms. The summed E-state index contributed by atoms with van der Waals surface area (Å²) in [6.07, 6.45) is 6.65. The van der Waals surface area contributed by atoms with Gasteiger partial charge in [-0.25, -0.2) is 4.79 Å². The van der Waals surface area contributed by atoms with E-state index in [1.54, 1.807) is 0 Å². The standard InChI is InChI=1S/C17H26N2O2/c1-2-16(20)13-9-4-3-5-10-14-18-17(21)19-15-11-7-6-8-12-15/h6-8,11-12H,2-5,9-10,13-14H2,1H3,(H2,18,19,21). The highest BCUT2D eigenvalue weighted by molar-refractivity contribution is 5.89. The number of hydrogen-bond donors (Lipinski definition) is 2. The zero-order chi connectivity index (χ0) is 15.3. The van der Waals surface area contributed by atoms with Crippen molar-refractivity contribution in [1.29, 1.82) is 0 Å². The Morgan fingerprint density at radius 2 is 1.62 bits per heavy atom. The van der Waals surface area contributed by atoms with Crippen molar-refractivity contribution in [2.75, 3.05) is 11.9 Å². The lowest BCUT2D eigenvalue weighted by atomic mass is 10.1. The number of carbonyl (C=O) groups is 2. The topological polar surface area (TPSA) is 58.2 Å². The molecule has 0 unspecified atom stereocenters. The Hall–Kier alpha value is -1.84. The third kappa shape index (κ3) is 8.84. The molecule has 0 saturated heterocycles. The van der Waals surface area contributed by atoms with Crippen molar-refractivity contribution in [3.63, 3.8) is 0 Å². The third-order valence-corrected chi connectivity index (χ3v) is 3.34. The van der Waals surface area contributed by atoms with E-state index in [0.29, 0.717) is 25.2 Å². The molecule has 1 aromatic carbocycles. The molecule has 2 N–H and O–H groups in total. The molecule has 0 heterocycles. The summed E-state index contributed by atoms with van der Waals surface area (Å²) in [6.45, 7) is 2.60. The van der Waals surface area contributed by atoms with Crippen LogP contribution in [0.15, 0.2) is 30.3 Å². The van der Waals surface area contributed by atoms with E-state index in [0.717, 1.165) is 37.8 Å². The lowest BCUT2D eigenvalue weighted by molar-refractivity contribution is -0.118. The minimum Gasteiger partial charge on any atom is -0.338 e. The summed E-state index contributed by atoms with van der Waals surface area (Å²) in [7, 11) is 0. The Bertz CT molecular complexity index is 418. The summed E-state index contributed by atoms with van der Waals surface area (Å²) >= 11 is 0. The highest BCUT2D eigenvalue weighted by Gasteiger charge is 2.00. The molecule has 0 aliphatic heterocycles. The Labute approximate surface area is 127 Å². The van der Waals surface area contributed by atoms with Gasteiger partial charge in [0, 0.05) is 25.1 Å². The van der Waals surface area contributed by atoms with Crippen LogP contribution in [0, 0.1) is 0 Å². The van der Waals surface area contributed by atoms with Gasteiger partial charge in [-0.1, -0.05) is 44.4 Å². The number of hydrogen-bond acceptors (Lipinski definition) is 2. The zero-order valence-electron chi connectivity index (χ0n) is 12.9. The van der Waals surface area contributed by atoms with Gasteiger partial charge >= 0.3 is 6.03 Å². The average Bonchev–Trinajstić information content (AvgIpc) is 2.50. The number of benzene rings is 1. The number of urea groups is 1. The molecule has 0 fully saturated rings. The van der Waals surface area contributed by atoms with Crippen molar-refractivity contribution < 1.29 is 9.59 Å². The molecule has 2 amide bonds. The van der Waals surface area contributed by atoms with Crippen molar-refractivity contribution in [2.24, 2.45) is 0 Å². The number of ketones is 1. The second kappa shape index (κ2) is 10.9. The minimum absolute atomic E-state index is 0.158. The average molecular weight is 290 g/mol. The Balaban J connectivity index is 1.94. The van der Waals surface area contributed by atoms with Crippen LogP contribution in [-0.4, -0.2) is 18.4 Å². The number of rotatable bonds is 10. The van der Waals surface area contributed by atoms with Gasteiger partial charge in [0.15, 0.2) is 0 Å². The summed E-state index contributed by atoms with van der Waals surface area (Å²) in [4.78, 5) is 22.7. The molecule has 0 spiro atoms. The van der Waals surface area contributed by atoms with Gasteiger partial charge in [-0.2, -0.15) is 0 Å². The molecule has 21 heavy (non-hydrogen) atoms. The van der Waals surface area contributed by atoms with Crippen molar-refractivity contribution in [2.45, 2.75) is 51.9 Å². The van der Waals surface area contributed by atoms with Crippen molar-refractivity contribution >= 4 is 17.5 Å². The summed E-state index contributed by atoms with van der Waals surface area (Å²) in [5.41, 5.74) is 0.801. The van der Waals surface area contributed by atoms with Crippen LogP contribution in [0.3, 0.4) is 0 Å². The third-order valence-electron chi connectivity index (χ3n) is 3.34. The van der Waals surface area contributed by atoms with E-state index in [2.05, 4.69) is 10.6 Å². The van der Waals surface area contributed by atoms with Crippen LogP contribution in [0.2, 0.25) is 0 Å². The molecule has 1 aromatic rings. The van der Waals surface area contributed by atoms with E-state index < -0.39 is 0 Å². The van der Waals surface area contributed by atoms with Gasteiger partial charge in [0.1, 0.15) is 5.78 Å². The number of para-hydroxylation sites is 1. The fourth-order valence-electron chi connectivity index (χ4n) is 2.05. The fourth-order valence-corrected chi connectivity index (χ4v) is 2.05. The Kier molecular flexibility index (Phi) is 8.93. The van der Waals surface area contributed by atoms with Gasteiger partial charge in [0.05, 0.1) is 0 Å². The van der Waals surface area contributed by atoms with E-state index in [4.69, 9.17) is 0 Å². The molecule has 4 heteroatoms. The Morgan fingerprint density at radius 3 is 2.33 bits per heavy atom. The summed E-state index contributed by atoms with van der Waals surface area (Å²) in [5.74, 6) is 0.356. The van der Waals surface area contributed by atoms with Crippen molar-refractivity contribution in [3.8, 4) is 0 Å². The second-order valence-electron chi connectivity index (χ2n) is 5.16. The van der Waals surface area contributed by atoms with Crippen LogP contribution in [0.5, 0.6) is 0 Å². The second-order valence-corrected chi connectivity index (χ2v) is 5.16. The maximum Gasteiger partial charge on any atom is 0.319 e. The molecule has 4 nitrogen and oxygen atoms in total. The Morgan fingerprint density at radius 1 is 0.952 bits per heavy atom. The lowest BCUT2D eigenvalue weighted by Gasteiger charge is -2.07. The highest BCUT2D eigenvalue weighted by atomic mass is 16.2. The molecule has 0 radical (unpaired) electrons. The number of anilines is 1. The molecule has 0 aliphatic carbocycles. The highest BCUT2D eigenvalue weighted by Crippen LogP contribution is 2.07. The van der Waals surface area contributed by atoms with Crippen molar-refractivity contribution in [3.05, 3.63) is 30.3 Å². The SMILES string of the molecule is CCC(=O)CCCCCCCNC(=O)Nc1ccccc1. The van der Waals surface area contributed by atoms with E-state index >= 15 is 0 Å². The number of carbonyl (C=O) groups excluding carboxylic acids is 2. The number of nitrogens with one attached hydrogen (secondary N) is 2. The van der Waals surface area contributed by atoms with Crippen LogP contribution in [0.1, 0.15) is 51.9 Å². The predicted molar refractivity (Wildman–Crippen MR) is 86.5 cm³/mol. The van der Waals surface area contributed by atoms with E-state index in [-0.39, 0.29) is 6.03 Å². The minimum atomic E-state index is -0.158. The molecule has 0 atom stereocenters. The molecule has 0 aliphatic rings. The van der Waals surface area contributed by atoms with Crippen molar-refractivity contribution in [1.82, 2.24) is 5.32 Å². The molecule has 1 rings (SSSR count). The van der Waals surface area contributed by atoms with Gasteiger partial charge in [-0.3, -0.25) is 4.79 Å². The smallest absolute Gasteiger partial charge is 0.319 e. The molecule has 0 saturated carbocycles. The fraction of sp³-hybridized carbons (Fsp3) is 0.529. The van der Waals surface area contributed by atoms with Gasteiger partial charge in [0.25, 0.3) is 0 Å². The lowest BCUT2D eigenvalue weighted by Crippen LogP contribution is -2.29. The van der Waals surface area contributed by atoms with Crippen LogP contribution in [0.4, 0.5) is 10.5 Å². The first-order chi connectivity index (χ1) is 10.2. The van der Waals surface area contributed by atoms with E-state index in [1.807, 2.05) is 37.3 Å². The first-order valence-electron chi connectivity index (χ1n) is 7.84. The monoisotopic (exact) mass is 290 g/mol. The first-order valence-corrected chi connectivity index (χ1v) is 7.84. The number of unbranched alkanes of at least 4 members (excludes halogenated alkanes) is 4. The first kappa shape index (κ1) is 17.2. The summed E-state index contributed by atoms with van der Waals surface area (Å²) < 4.78 is 0. The quantitative estimate of drug-likeness (QED) is 0.637. The van der Waals surface area contributed by atoms with Gasteiger partial charge < -0.3 is 10.6 Å². The van der Waals surface area contributed by atoms with E-state index in [9.17, 15) is 9.59 Å². The number of Topliss-reactive ketones (excluding diaryl/α,β-unsaturated/α-hetero) is 1. The van der Waals surface area contributed by atoms with Crippen LogP contribution < -0.4 is 10.6 Å². The predicted octanol–water partition coefficient (Wildman–Crippen LogP) is 4.13. The summed E-state index contributed by atoms with van der Waals surface area (Å²) in [5, 5.41) is 5.63. The molecule has 116 valence electrons. The largest absolute Gasteiger partial charge is 0.338 e. The van der Waals surface area contributed by atoms with Crippen LogP contribution in [0.25, 0.3) is 0 Å². The van der Waals surface area contributed by atoms with E-state index in [1.165, 1.54) is 0 Å². The van der Waals surface area contributed by atoms with Gasteiger partial charge in [-0.15, -0.1) is 0 Å². The molecular weight excluding hydrogens is 264 g/mol. The van der Waals surface area contributed by atoms with Gasteiger partial charge in [0.2, 0.25) is 0 Å². The van der Waals surface area contributed by atoms with Crippen LogP contribution in [-0.2, 0) is 4.79 Å². The number of amides is 2. The molecular formula is C17H26N2O2. The van der Waals surface area contributed by atoms with Crippen LogP contribution >= 0.6 is 0 Å².